The van der Waals surface area contributed by atoms with E-state index in [0.29, 0.717) is 18.0 Å². The molecule has 4 aliphatic rings. The van der Waals surface area contributed by atoms with Crippen molar-refractivity contribution < 1.29 is 4.74 Å². The van der Waals surface area contributed by atoms with Crippen LogP contribution in [0.4, 0.5) is 0 Å². The first kappa shape index (κ1) is 21.9. The van der Waals surface area contributed by atoms with Gasteiger partial charge < -0.3 is 10.1 Å². The Balaban J connectivity index is 1.40. The quantitative estimate of drug-likeness (QED) is 0.486. The Morgan fingerprint density at radius 1 is 0.824 bits per heavy atom. The third kappa shape index (κ3) is 3.85. The summed E-state index contributed by atoms with van der Waals surface area (Å²) in [6.07, 6.45) is 5.47. The molecule has 4 fully saturated rings. The van der Waals surface area contributed by atoms with Crippen molar-refractivity contribution in [1.29, 1.82) is 0 Å². The third-order valence-electron chi connectivity index (χ3n) is 8.82. The summed E-state index contributed by atoms with van der Waals surface area (Å²) in [4.78, 5) is 2.92. The zero-order valence-electron chi connectivity index (χ0n) is 20.1. The van der Waals surface area contributed by atoms with Gasteiger partial charge in [0.05, 0.1) is 7.11 Å². The van der Waals surface area contributed by atoms with Crippen LogP contribution in [0.15, 0.2) is 84.9 Å². The molecule has 176 valence electrons. The van der Waals surface area contributed by atoms with Crippen molar-refractivity contribution in [3.63, 3.8) is 0 Å². The summed E-state index contributed by atoms with van der Waals surface area (Å²) in [5, 5.41) is 4.11. The van der Waals surface area contributed by atoms with Gasteiger partial charge in [0, 0.05) is 36.2 Å². The highest BCUT2D eigenvalue weighted by atomic mass is 16.5. The lowest BCUT2D eigenvalue weighted by atomic mass is 9.64. The van der Waals surface area contributed by atoms with Crippen molar-refractivity contribution in [2.45, 2.75) is 56.3 Å². The van der Waals surface area contributed by atoms with Crippen LogP contribution in [-0.2, 0) is 6.54 Å². The van der Waals surface area contributed by atoms with E-state index in [-0.39, 0.29) is 0 Å². The average molecular weight is 453 g/mol. The molecule has 3 heterocycles. The van der Waals surface area contributed by atoms with Gasteiger partial charge in [-0.1, -0.05) is 85.3 Å². The fourth-order valence-electron chi connectivity index (χ4n) is 7.49. The van der Waals surface area contributed by atoms with Crippen LogP contribution < -0.4 is 10.1 Å². The Hall–Kier alpha value is -2.62. The van der Waals surface area contributed by atoms with Crippen LogP contribution >= 0.6 is 0 Å². The van der Waals surface area contributed by atoms with Crippen LogP contribution in [0.2, 0.25) is 0 Å². The number of hydrogen-bond acceptors (Lipinski definition) is 3. The first-order chi connectivity index (χ1) is 16.8. The van der Waals surface area contributed by atoms with E-state index in [1.165, 1.54) is 48.9 Å². The first-order valence-corrected chi connectivity index (χ1v) is 13.1. The highest BCUT2D eigenvalue weighted by molar-refractivity contribution is 5.37. The molecule has 1 saturated carbocycles. The number of benzene rings is 3. The van der Waals surface area contributed by atoms with Gasteiger partial charge in [-0.15, -0.1) is 0 Å². The van der Waals surface area contributed by atoms with E-state index in [1.807, 2.05) is 0 Å². The molecule has 3 aromatic rings. The SMILES string of the molecule is COc1ccccc1CNC1C2CCN(C3CCCC23)C1C(c1ccccc1)c1ccccc1. The molecule has 0 radical (unpaired) electrons. The number of rotatable bonds is 7. The molecule has 0 spiro atoms. The zero-order chi connectivity index (χ0) is 22.9. The standard InChI is InChI=1S/C31H36N2O/c1-34-28-18-9-8-15-24(28)21-32-30-26-19-20-33(27-17-10-16-25(26)27)31(30)29(22-11-4-2-5-12-22)23-13-6-3-7-14-23/h2-9,11-15,18,25-27,29-32H,10,16-17,19-21H2,1H3. The van der Waals surface area contributed by atoms with Gasteiger partial charge in [0.25, 0.3) is 0 Å². The number of methoxy groups -OCH3 is 1. The molecule has 34 heavy (non-hydrogen) atoms. The van der Waals surface area contributed by atoms with Gasteiger partial charge in [-0.2, -0.15) is 0 Å². The number of hydrogen-bond donors (Lipinski definition) is 1. The fraction of sp³-hybridized carbons (Fsp3) is 0.419. The predicted molar refractivity (Wildman–Crippen MR) is 138 cm³/mol. The molecule has 3 aromatic carbocycles. The second-order valence-electron chi connectivity index (χ2n) is 10.4. The lowest BCUT2D eigenvalue weighted by Gasteiger charge is -2.60. The van der Waals surface area contributed by atoms with Gasteiger partial charge in [-0.25, -0.2) is 0 Å². The minimum atomic E-state index is 0.363. The molecule has 0 aromatic heterocycles. The van der Waals surface area contributed by atoms with Gasteiger partial charge in [0.1, 0.15) is 5.75 Å². The summed E-state index contributed by atoms with van der Waals surface area (Å²) < 4.78 is 5.68. The maximum atomic E-state index is 5.68. The molecule has 7 rings (SSSR count). The van der Waals surface area contributed by atoms with E-state index in [2.05, 4.69) is 95.1 Å². The van der Waals surface area contributed by atoms with Crippen LogP contribution in [0.1, 0.15) is 48.3 Å². The van der Waals surface area contributed by atoms with Crippen molar-refractivity contribution in [2.75, 3.05) is 13.7 Å². The maximum Gasteiger partial charge on any atom is 0.123 e. The van der Waals surface area contributed by atoms with Gasteiger partial charge in [-0.05, 0) is 54.8 Å². The number of fused-ring (bicyclic) bond motifs is 2. The molecule has 1 aliphatic carbocycles. The van der Waals surface area contributed by atoms with Crippen molar-refractivity contribution in [1.82, 2.24) is 10.2 Å². The van der Waals surface area contributed by atoms with Crippen molar-refractivity contribution in [3.8, 4) is 5.75 Å². The monoisotopic (exact) mass is 452 g/mol. The number of ether oxygens (including phenoxy) is 1. The highest BCUT2D eigenvalue weighted by Gasteiger charge is 2.55. The number of nitrogens with one attached hydrogen (secondary N) is 1. The van der Waals surface area contributed by atoms with E-state index in [0.717, 1.165) is 30.2 Å². The summed E-state index contributed by atoms with van der Waals surface area (Å²) in [5.41, 5.74) is 4.12. The van der Waals surface area contributed by atoms with Crippen LogP contribution in [0.3, 0.4) is 0 Å². The summed E-state index contributed by atoms with van der Waals surface area (Å²) in [5.74, 6) is 2.93. The Morgan fingerprint density at radius 2 is 1.50 bits per heavy atom. The topological polar surface area (TPSA) is 24.5 Å². The number of piperidine rings is 3. The molecular weight excluding hydrogens is 416 g/mol. The Labute approximate surface area is 204 Å². The summed E-state index contributed by atoms with van der Waals surface area (Å²) >= 11 is 0. The van der Waals surface area contributed by atoms with E-state index in [4.69, 9.17) is 4.74 Å². The van der Waals surface area contributed by atoms with Gasteiger partial charge >= 0.3 is 0 Å². The normalized spacial score (nSPS) is 29.8. The largest absolute Gasteiger partial charge is 0.496 e. The molecule has 0 amide bonds. The van der Waals surface area contributed by atoms with Crippen LogP contribution in [-0.4, -0.2) is 36.7 Å². The predicted octanol–water partition coefficient (Wildman–Crippen LogP) is 5.86. The molecule has 3 aliphatic heterocycles. The lowest BCUT2D eigenvalue weighted by Crippen LogP contribution is -2.69. The zero-order valence-corrected chi connectivity index (χ0v) is 20.1. The van der Waals surface area contributed by atoms with Crippen LogP contribution in [0.25, 0.3) is 0 Å². The van der Waals surface area contributed by atoms with E-state index in [9.17, 15) is 0 Å². The molecule has 3 saturated heterocycles. The first-order valence-electron chi connectivity index (χ1n) is 13.1. The van der Waals surface area contributed by atoms with Gasteiger partial charge in [-0.3, -0.25) is 4.90 Å². The van der Waals surface area contributed by atoms with E-state index < -0.39 is 0 Å². The Kier molecular flexibility index (Phi) is 6.15. The van der Waals surface area contributed by atoms with Crippen molar-refractivity contribution in [3.05, 3.63) is 102 Å². The molecule has 6 atom stereocenters. The van der Waals surface area contributed by atoms with Gasteiger partial charge in [0.15, 0.2) is 0 Å². The Morgan fingerprint density at radius 3 is 2.21 bits per heavy atom. The molecule has 3 nitrogen and oxygen atoms in total. The maximum absolute atomic E-state index is 5.68. The summed E-state index contributed by atoms with van der Waals surface area (Å²) in [6, 6.07) is 32.6. The average Bonchev–Trinajstić information content (AvgIpc) is 3.41. The second kappa shape index (κ2) is 9.56. The lowest BCUT2D eigenvalue weighted by molar-refractivity contribution is -0.0706. The van der Waals surface area contributed by atoms with E-state index >= 15 is 0 Å². The van der Waals surface area contributed by atoms with Crippen molar-refractivity contribution >= 4 is 0 Å². The third-order valence-corrected chi connectivity index (χ3v) is 8.82. The fourth-order valence-corrected chi connectivity index (χ4v) is 7.49. The molecular formula is C31H36N2O. The number of para-hydroxylation sites is 1. The minimum Gasteiger partial charge on any atom is -0.496 e. The van der Waals surface area contributed by atoms with Crippen molar-refractivity contribution in [2.24, 2.45) is 11.8 Å². The molecule has 1 N–H and O–H groups in total. The van der Waals surface area contributed by atoms with Gasteiger partial charge in [0.2, 0.25) is 0 Å². The van der Waals surface area contributed by atoms with E-state index in [1.54, 1.807) is 7.11 Å². The molecule has 3 heteroatoms. The minimum absolute atomic E-state index is 0.363. The van der Waals surface area contributed by atoms with Crippen LogP contribution in [0, 0.1) is 11.8 Å². The second-order valence-corrected chi connectivity index (χ2v) is 10.4. The Bertz CT molecular complexity index is 1050. The smallest absolute Gasteiger partial charge is 0.123 e. The summed E-state index contributed by atoms with van der Waals surface area (Å²) in [7, 11) is 1.78. The highest BCUT2D eigenvalue weighted by Crippen LogP contribution is 2.52. The molecule has 6 unspecified atom stereocenters. The molecule has 2 bridgehead atoms. The number of nitrogens with zero attached hydrogens (tertiary/aromatic N) is 1. The summed E-state index contributed by atoms with van der Waals surface area (Å²) in [6.45, 7) is 2.09. The van der Waals surface area contributed by atoms with Crippen LogP contribution in [0.5, 0.6) is 5.75 Å².